The molecule has 0 atom stereocenters. The predicted molar refractivity (Wildman–Crippen MR) is 89.2 cm³/mol. The van der Waals surface area contributed by atoms with Gasteiger partial charge in [0.15, 0.2) is 0 Å². The van der Waals surface area contributed by atoms with Gasteiger partial charge in [-0.3, -0.25) is 0 Å². The average molecular weight is 362 g/mol. The molecule has 0 aliphatic heterocycles. The Hall–Kier alpha value is -0.284. The Bertz CT molecular complexity index is 519. The van der Waals surface area contributed by atoms with Crippen LogP contribution in [0.25, 0.3) is 0 Å². The van der Waals surface area contributed by atoms with Crippen molar-refractivity contribution < 1.29 is 70.4 Å². The fourth-order valence-corrected chi connectivity index (χ4v) is 1.49. The Labute approximate surface area is 186 Å². The number of nitrogens with one attached hydrogen (secondary N) is 1. The van der Waals surface area contributed by atoms with E-state index in [4.69, 9.17) is 9.47 Å². The summed E-state index contributed by atoms with van der Waals surface area (Å²) in [6.45, 7) is 5.86. The van der Waals surface area contributed by atoms with Crippen molar-refractivity contribution in [3.63, 3.8) is 0 Å². The van der Waals surface area contributed by atoms with E-state index in [-0.39, 0.29) is 51.4 Å². The summed E-state index contributed by atoms with van der Waals surface area (Å²) in [4.78, 5) is 11.2. The summed E-state index contributed by atoms with van der Waals surface area (Å²) in [5.41, 5.74) is 3.69. The largest absolute Gasteiger partial charge is 1.00 e. The molecular weight excluding hydrogens is 341 g/mol. The minimum atomic E-state index is -0.397. The maximum absolute atomic E-state index is 11.2. The van der Waals surface area contributed by atoms with Crippen molar-refractivity contribution in [3.8, 4) is 11.5 Å². The monoisotopic (exact) mass is 361 g/mol. The van der Waals surface area contributed by atoms with Gasteiger partial charge in [0.1, 0.15) is 0 Å². The van der Waals surface area contributed by atoms with Gasteiger partial charge in [0.25, 0.3) is 0 Å². The number of thiocarbonyl (C=S) groups is 1. The molecule has 0 aliphatic carbocycles. The van der Waals surface area contributed by atoms with Crippen LogP contribution in [0, 0.1) is 19.9 Å². The molecule has 1 N–H and O–H groups in total. The van der Waals surface area contributed by atoms with E-state index in [0.29, 0.717) is 23.7 Å². The smallest absolute Gasteiger partial charge is 0.539 e. The topological polar surface area (TPSA) is 56.8 Å². The van der Waals surface area contributed by atoms with Crippen LogP contribution in [0.1, 0.15) is 11.1 Å². The quantitative estimate of drug-likeness (QED) is 0.235. The van der Waals surface area contributed by atoms with Gasteiger partial charge in [-0.05, 0) is 12.5 Å². The molecule has 1 aromatic carbocycles. The van der Waals surface area contributed by atoms with Gasteiger partial charge < -0.3 is 31.2 Å². The summed E-state index contributed by atoms with van der Waals surface area (Å²) in [6.07, 6.45) is 4.05. The van der Waals surface area contributed by atoms with Crippen LogP contribution < -0.4 is 66.2 Å². The van der Waals surface area contributed by atoms with Gasteiger partial charge in [-0.25, -0.2) is 12.2 Å². The molecule has 0 saturated heterocycles. The van der Waals surface area contributed by atoms with E-state index >= 15 is 0 Å². The molecule has 0 aromatic heterocycles. The molecule has 0 spiro atoms. The van der Waals surface area contributed by atoms with Crippen LogP contribution in [0.15, 0.2) is 18.2 Å². The zero-order valence-corrected chi connectivity index (χ0v) is 18.1. The molecule has 0 bridgehead atoms. The Morgan fingerprint density at radius 1 is 1.30 bits per heavy atom. The van der Waals surface area contributed by atoms with Gasteiger partial charge in [0.2, 0.25) is 0 Å². The number of aryl methyl sites for hydroxylation is 1. The van der Waals surface area contributed by atoms with Crippen molar-refractivity contribution in [3.05, 3.63) is 42.3 Å². The molecular formula is C16H20KNO4S-2. The summed E-state index contributed by atoms with van der Waals surface area (Å²) in [6, 6.07) is 3.57. The van der Waals surface area contributed by atoms with Crippen molar-refractivity contribution in [2.45, 2.75) is 6.92 Å². The number of rotatable bonds is 6. The minimum Gasteiger partial charge on any atom is -0.539 e. The fourth-order valence-electron chi connectivity index (χ4n) is 1.39. The SMILES string of the molecule is COc1cc([C-]=CC(=O)N[C-]=S)c(OC)cc1C.[CH2-]COC.[K+]. The van der Waals surface area contributed by atoms with Crippen LogP contribution >= 0.6 is 12.2 Å². The molecule has 1 rings (SSSR count). The zero-order valence-electron chi connectivity index (χ0n) is 14.2. The summed E-state index contributed by atoms with van der Waals surface area (Å²) in [7, 11) is 4.75. The van der Waals surface area contributed by atoms with Crippen molar-refractivity contribution in [2.75, 3.05) is 27.9 Å². The summed E-state index contributed by atoms with van der Waals surface area (Å²) >= 11 is 4.39. The molecule has 23 heavy (non-hydrogen) atoms. The molecule has 0 heterocycles. The van der Waals surface area contributed by atoms with Crippen LogP contribution in [0.3, 0.4) is 0 Å². The molecule has 0 radical (unpaired) electrons. The number of amides is 1. The van der Waals surface area contributed by atoms with Gasteiger partial charge in [0, 0.05) is 12.9 Å². The van der Waals surface area contributed by atoms with Crippen LogP contribution in [0.2, 0.25) is 0 Å². The molecule has 0 fully saturated rings. The molecule has 0 aliphatic rings. The molecule has 122 valence electrons. The van der Waals surface area contributed by atoms with E-state index < -0.39 is 5.91 Å². The fraction of sp³-hybridized carbons (Fsp3) is 0.312. The molecule has 1 aromatic rings. The normalized spacial score (nSPS) is 9.26. The van der Waals surface area contributed by atoms with Gasteiger partial charge >= 0.3 is 51.4 Å². The first-order chi connectivity index (χ1) is 10.5. The molecule has 1 amide bonds. The molecule has 5 nitrogen and oxygen atoms in total. The number of methoxy groups -OCH3 is 3. The Morgan fingerprint density at radius 2 is 1.87 bits per heavy atom. The second-order valence-electron chi connectivity index (χ2n) is 3.89. The Balaban J connectivity index is 0. The van der Waals surface area contributed by atoms with Crippen LogP contribution in [-0.4, -0.2) is 39.3 Å². The van der Waals surface area contributed by atoms with Crippen LogP contribution in [-0.2, 0) is 9.53 Å². The number of carbonyl (C=O) groups is 1. The Morgan fingerprint density at radius 3 is 2.30 bits per heavy atom. The number of ether oxygens (including phenoxy) is 3. The van der Waals surface area contributed by atoms with Gasteiger partial charge in [-0.1, -0.05) is 24.2 Å². The number of hydrogen-bond acceptors (Lipinski definition) is 5. The second kappa shape index (κ2) is 15.3. The maximum Gasteiger partial charge on any atom is 1.00 e. The summed E-state index contributed by atoms with van der Waals surface area (Å²) in [5.74, 6) is 0.920. The zero-order chi connectivity index (χ0) is 17.0. The van der Waals surface area contributed by atoms with Crippen molar-refractivity contribution >= 4 is 23.6 Å². The van der Waals surface area contributed by atoms with Gasteiger partial charge in [0.05, 0.1) is 25.9 Å². The molecule has 7 heteroatoms. The van der Waals surface area contributed by atoms with E-state index in [1.807, 2.05) is 13.0 Å². The summed E-state index contributed by atoms with van der Waals surface area (Å²) in [5, 5.41) is 2.23. The molecule has 0 unspecified atom stereocenters. The summed E-state index contributed by atoms with van der Waals surface area (Å²) < 4.78 is 14.8. The van der Waals surface area contributed by atoms with Crippen LogP contribution in [0.4, 0.5) is 0 Å². The van der Waals surface area contributed by atoms with E-state index in [0.717, 1.165) is 5.56 Å². The van der Waals surface area contributed by atoms with E-state index in [2.05, 4.69) is 40.8 Å². The first kappa shape index (κ1) is 25.0. The van der Waals surface area contributed by atoms with Crippen molar-refractivity contribution in [2.24, 2.45) is 0 Å². The van der Waals surface area contributed by atoms with Crippen LogP contribution in [0.5, 0.6) is 11.5 Å². The second-order valence-corrected chi connectivity index (χ2v) is 4.10. The van der Waals surface area contributed by atoms with Crippen molar-refractivity contribution in [1.82, 2.24) is 5.32 Å². The van der Waals surface area contributed by atoms with E-state index in [1.165, 1.54) is 6.08 Å². The van der Waals surface area contributed by atoms with Crippen molar-refractivity contribution in [1.29, 1.82) is 0 Å². The third-order valence-electron chi connectivity index (χ3n) is 2.45. The minimum absolute atomic E-state index is 0. The number of hydrogen-bond donors (Lipinski definition) is 1. The van der Waals surface area contributed by atoms with E-state index in [1.54, 1.807) is 27.4 Å². The van der Waals surface area contributed by atoms with Gasteiger partial charge in [-0.15, -0.1) is 17.7 Å². The first-order valence-electron chi connectivity index (χ1n) is 6.31. The molecule has 0 saturated carbocycles. The third-order valence-corrected chi connectivity index (χ3v) is 2.56. The third kappa shape index (κ3) is 10.2. The maximum atomic E-state index is 11.2. The number of benzene rings is 1. The Kier molecular flexibility index (Phi) is 16.6. The first-order valence-corrected chi connectivity index (χ1v) is 6.72. The standard InChI is InChI=1S/C13H13NO3S.C3H7O.K/c1-9-6-12(17-3)10(7-11(9)16-2)4-5-13(15)14-8-18;1-3-4-2;/h5-7H,1-3H3,(H,14,15,18);1,3H2,2H3;/q-2;-1;+1. The van der Waals surface area contributed by atoms with E-state index in [9.17, 15) is 4.79 Å². The number of carbonyl (C=O) groups excluding carboxylic acids is 1. The predicted octanol–water partition coefficient (Wildman–Crippen LogP) is -0.859. The average Bonchev–Trinajstić information content (AvgIpc) is 2.53. The van der Waals surface area contributed by atoms with Gasteiger partial charge in [-0.2, -0.15) is 0 Å².